The van der Waals surface area contributed by atoms with Crippen LogP contribution in [0.25, 0.3) is 0 Å². The summed E-state index contributed by atoms with van der Waals surface area (Å²) in [7, 11) is 0. The molecule has 0 atom stereocenters. The summed E-state index contributed by atoms with van der Waals surface area (Å²) < 4.78 is 5.76. The predicted octanol–water partition coefficient (Wildman–Crippen LogP) is 3.87. The van der Waals surface area contributed by atoms with Gasteiger partial charge in [-0.3, -0.25) is 0 Å². The van der Waals surface area contributed by atoms with E-state index in [1.165, 1.54) is 19.3 Å². The molecular formula is C15H22ClNO. The number of unbranched alkanes of at least 4 members (excludes halogenated alkanes) is 1. The minimum atomic E-state index is 0.785. The minimum Gasteiger partial charge on any atom is -0.494 e. The number of benzene rings is 1. The molecule has 0 amide bonds. The maximum Gasteiger partial charge on any atom is 0.119 e. The first-order valence-corrected chi connectivity index (χ1v) is 7.17. The van der Waals surface area contributed by atoms with E-state index < -0.39 is 0 Å². The van der Waals surface area contributed by atoms with Gasteiger partial charge in [0.2, 0.25) is 0 Å². The Morgan fingerprint density at radius 2 is 1.89 bits per heavy atom. The Morgan fingerprint density at radius 1 is 1.22 bits per heavy atom. The van der Waals surface area contributed by atoms with Crippen LogP contribution in [-0.4, -0.2) is 19.2 Å². The average Bonchev–Trinajstić information content (AvgIpc) is 3.14. The molecule has 2 nitrogen and oxygen atoms in total. The van der Waals surface area contributed by atoms with Crippen molar-refractivity contribution in [2.45, 2.75) is 45.6 Å². The third-order valence-electron chi connectivity index (χ3n) is 3.26. The summed E-state index contributed by atoms with van der Waals surface area (Å²) in [5.41, 5.74) is 2.17. The summed E-state index contributed by atoms with van der Waals surface area (Å²) in [5.74, 6) is 0.935. The molecule has 1 aliphatic rings. The van der Waals surface area contributed by atoms with Gasteiger partial charge in [0, 0.05) is 11.1 Å². The van der Waals surface area contributed by atoms with E-state index >= 15 is 0 Å². The van der Waals surface area contributed by atoms with Gasteiger partial charge in [-0.05, 0) is 69.3 Å². The Kier molecular flexibility index (Phi) is 4.90. The molecule has 0 spiro atoms. The highest BCUT2D eigenvalue weighted by atomic mass is 35.5. The highest BCUT2D eigenvalue weighted by molar-refractivity contribution is 6.32. The Labute approximate surface area is 115 Å². The van der Waals surface area contributed by atoms with Crippen molar-refractivity contribution in [1.29, 1.82) is 0 Å². The van der Waals surface area contributed by atoms with Crippen LogP contribution in [0.1, 0.15) is 36.8 Å². The van der Waals surface area contributed by atoms with Crippen LogP contribution in [0, 0.1) is 13.8 Å². The summed E-state index contributed by atoms with van der Waals surface area (Å²) in [6.45, 7) is 5.93. The van der Waals surface area contributed by atoms with Gasteiger partial charge in [-0.1, -0.05) is 11.6 Å². The third kappa shape index (κ3) is 4.18. The number of hydrogen-bond acceptors (Lipinski definition) is 2. The molecule has 2 rings (SSSR count). The van der Waals surface area contributed by atoms with E-state index in [1.807, 2.05) is 26.0 Å². The van der Waals surface area contributed by atoms with Gasteiger partial charge in [-0.25, -0.2) is 0 Å². The smallest absolute Gasteiger partial charge is 0.119 e. The average molecular weight is 268 g/mol. The van der Waals surface area contributed by atoms with Crippen molar-refractivity contribution in [3.63, 3.8) is 0 Å². The van der Waals surface area contributed by atoms with Crippen LogP contribution in [0.5, 0.6) is 5.75 Å². The number of nitrogens with one attached hydrogen (secondary N) is 1. The maximum absolute atomic E-state index is 6.12. The molecule has 1 fully saturated rings. The molecule has 100 valence electrons. The largest absolute Gasteiger partial charge is 0.494 e. The van der Waals surface area contributed by atoms with Crippen LogP contribution in [0.15, 0.2) is 12.1 Å². The van der Waals surface area contributed by atoms with Crippen molar-refractivity contribution in [2.24, 2.45) is 0 Å². The molecular weight excluding hydrogens is 246 g/mol. The van der Waals surface area contributed by atoms with E-state index in [4.69, 9.17) is 16.3 Å². The normalized spacial score (nSPS) is 14.8. The van der Waals surface area contributed by atoms with E-state index in [0.29, 0.717) is 0 Å². The Morgan fingerprint density at radius 3 is 2.50 bits per heavy atom. The summed E-state index contributed by atoms with van der Waals surface area (Å²) in [6, 6.07) is 4.84. The van der Waals surface area contributed by atoms with Gasteiger partial charge in [0.15, 0.2) is 0 Å². The molecule has 0 bridgehead atoms. The quantitative estimate of drug-likeness (QED) is 0.758. The van der Waals surface area contributed by atoms with Crippen LogP contribution in [0.2, 0.25) is 5.02 Å². The highest BCUT2D eigenvalue weighted by Gasteiger charge is 2.19. The molecule has 0 saturated heterocycles. The van der Waals surface area contributed by atoms with Crippen molar-refractivity contribution in [1.82, 2.24) is 5.32 Å². The van der Waals surface area contributed by atoms with Crippen molar-refractivity contribution in [3.05, 3.63) is 28.3 Å². The van der Waals surface area contributed by atoms with Crippen LogP contribution < -0.4 is 10.1 Å². The number of halogens is 1. The van der Waals surface area contributed by atoms with Crippen LogP contribution in [-0.2, 0) is 0 Å². The van der Waals surface area contributed by atoms with Gasteiger partial charge in [-0.15, -0.1) is 0 Å². The molecule has 3 heteroatoms. The van der Waals surface area contributed by atoms with Gasteiger partial charge in [0.25, 0.3) is 0 Å². The summed E-state index contributed by atoms with van der Waals surface area (Å²) in [6.07, 6.45) is 5.00. The highest BCUT2D eigenvalue weighted by Crippen LogP contribution is 2.25. The first-order valence-electron chi connectivity index (χ1n) is 6.80. The number of aryl methyl sites for hydroxylation is 2. The first kappa shape index (κ1) is 13.7. The lowest BCUT2D eigenvalue weighted by Crippen LogP contribution is -2.17. The minimum absolute atomic E-state index is 0.785. The van der Waals surface area contributed by atoms with Gasteiger partial charge in [0.05, 0.1) is 6.61 Å². The zero-order valence-electron chi connectivity index (χ0n) is 11.3. The van der Waals surface area contributed by atoms with E-state index in [9.17, 15) is 0 Å². The molecule has 0 aliphatic heterocycles. The monoisotopic (exact) mass is 267 g/mol. The van der Waals surface area contributed by atoms with Crippen LogP contribution in [0.4, 0.5) is 0 Å². The maximum atomic E-state index is 6.12. The van der Waals surface area contributed by atoms with Gasteiger partial charge in [-0.2, -0.15) is 0 Å². The van der Waals surface area contributed by atoms with Gasteiger partial charge >= 0.3 is 0 Å². The lowest BCUT2D eigenvalue weighted by molar-refractivity contribution is 0.305. The van der Waals surface area contributed by atoms with Gasteiger partial charge in [0.1, 0.15) is 5.75 Å². The second-order valence-electron chi connectivity index (χ2n) is 5.16. The summed E-state index contributed by atoms with van der Waals surface area (Å²) in [5, 5.41) is 4.35. The topological polar surface area (TPSA) is 21.3 Å². The fraction of sp³-hybridized carbons (Fsp3) is 0.600. The molecule has 0 heterocycles. The predicted molar refractivity (Wildman–Crippen MR) is 76.7 cm³/mol. The van der Waals surface area contributed by atoms with E-state index in [-0.39, 0.29) is 0 Å². The standard InChI is InChI=1S/C15H22ClNO/c1-11-9-14(10-12(2)15(11)16)18-8-4-3-7-17-13-5-6-13/h9-10,13,17H,3-8H2,1-2H3. The Hall–Kier alpha value is -0.730. The number of ether oxygens (including phenoxy) is 1. The SMILES string of the molecule is Cc1cc(OCCCCNC2CC2)cc(C)c1Cl. The van der Waals surface area contributed by atoms with E-state index in [0.717, 1.165) is 47.5 Å². The first-order chi connectivity index (χ1) is 8.66. The van der Waals surface area contributed by atoms with Crippen molar-refractivity contribution >= 4 is 11.6 Å². The van der Waals surface area contributed by atoms with Crippen LogP contribution in [0.3, 0.4) is 0 Å². The Bertz CT molecular complexity index is 378. The molecule has 0 unspecified atom stereocenters. The lowest BCUT2D eigenvalue weighted by Gasteiger charge is -2.10. The zero-order valence-corrected chi connectivity index (χ0v) is 12.0. The fourth-order valence-corrected chi connectivity index (χ4v) is 2.11. The van der Waals surface area contributed by atoms with Crippen molar-refractivity contribution in [3.8, 4) is 5.75 Å². The number of hydrogen-bond donors (Lipinski definition) is 1. The molecule has 1 N–H and O–H groups in total. The molecule has 0 aromatic heterocycles. The van der Waals surface area contributed by atoms with Crippen molar-refractivity contribution in [2.75, 3.05) is 13.2 Å². The zero-order chi connectivity index (χ0) is 13.0. The van der Waals surface area contributed by atoms with Gasteiger partial charge < -0.3 is 10.1 Å². The molecule has 1 aliphatic carbocycles. The summed E-state index contributed by atoms with van der Waals surface area (Å²) >= 11 is 6.12. The lowest BCUT2D eigenvalue weighted by atomic mass is 10.1. The third-order valence-corrected chi connectivity index (χ3v) is 3.86. The number of rotatable bonds is 7. The molecule has 1 aromatic rings. The second-order valence-corrected chi connectivity index (χ2v) is 5.53. The second kappa shape index (κ2) is 6.44. The molecule has 1 aromatic carbocycles. The molecule has 1 saturated carbocycles. The van der Waals surface area contributed by atoms with E-state index in [1.54, 1.807) is 0 Å². The Balaban J connectivity index is 1.66. The van der Waals surface area contributed by atoms with Crippen molar-refractivity contribution < 1.29 is 4.74 Å². The fourth-order valence-electron chi connectivity index (χ4n) is 2.00. The van der Waals surface area contributed by atoms with E-state index in [2.05, 4.69) is 5.32 Å². The molecule has 18 heavy (non-hydrogen) atoms. The van der Waals surface area contributed by atoms with Crippen LogP contribution >= 0.6 is 11.6 Å². The summed E-state index contributed by atoms with van der Waals surface area (Å²) in [4.78, 5) is 0. The molecule has 0 radical (unpaired) electrons.